The summed E-state index contributed by atoms with van der Waals surface area (Å²) in [6, 6.07) is 12.2. The molecule has 138 valence electrons. The fourth-order valence-electron chi connectivity index (χ4n) is 2.80. The van der Waals surface area contributed by atoms with Crippen molar-refractivity contribution in [1.82, 2.24) is 4.98 Å². The number of rotatable bonds is 7. The van der Waals surface area contributed by atoms with E-state index >= 15 is 0 Å². The molecular formula is C18H21N3O4S. The zero-order valence-electron chi connectivity index (χ0n) is 14.2. The Balaban J connectivity index is 1.90. The van der Waals surface area contributed by atoms with Gasteiger partial charge in [0, 0.05) is 18.4 Å². The molecule has 2 aromatic rings. The standard InChI is InChI=1S/C18H21N3O4S/c19-10-18(22)14-6-7-15(20-11-14)12-21(16-4-2-1-3-5-16)26(23,24)17-8-9-25-13-17/h1-7,11,17H,8-10,12-13,19H2. The zero-order valence-corrected chi connectivity index (χ0v) is 15.1. The van der Waals surface area contributed by atoms with E-state index in [1.165, 1.54) is 10.5 Å². The van der Waals surface area contributed by atoms with Crippen LogP contribution in [0, 0.1) is 0 Å². The lowest BCUT2D eigenvalue weighted by atomic mass is 10.2. The van der Waals surface area contributed by atoms with Crippen LogP contribution in [0.15, 0.2) is 48.7 Å². The summed E-state index contributed by atoms with van der Waals surface area (Å²) in [6.45, 7) is 0.636. The van der Waals surface area contributed by atoms with Crippen molar-refractivity contribution in [1.29, 1.82) is 0 Å². The first-order chi connectivity index (χ1) is 12.5. The lowest BCUT2D eigenvalue weighted by molar-refractivity contribution is 0.100. The van der Waals surface area contributed by atoms with E-state index in [0.29, 0.717) is 30.0 Å². The molecule has 0 aliphatic carbocycles. The van der Waals surface area contributed by atoms with Crippen molar-refractivity contribution >= 4 is 21.5 Å². The average molecular weight is 375 g/mol. The number of benzene rings is 1. The second-order valence-corrected chi connectivity index (χ2v) is 8.18. The molecule has 8 heteroatoms. The van der Waals surface area contributed by atoms with Crippen molar-refractivity contribution in [3.63, 3.8) is 0 Å². The van der Waals surface area contributed by atoms with Crippen LogP contribution in [0.1, 0.15) is 22.5 Å². The van der Waals surface area contributed by atoms with E-state index in [-0.39, 0.29) is 25.5 Å². The van der Waals surface area contributed by atoms with Gasteiger partial charge in [0.05, 0.1) is 31.1 Å². The Kier molecular flexibility index (Phi) is 5.65. The van der Waals surface area contributed by atoms with E-state index < -0.39 is 15.3 Å². The first-order valence-electron chi connectivity index (χ1n) is 8.35. The van der Waals surface area contributed by atoms with Gasteiger partial charge in [0.1, 0.15) is 5.25 Å². The first-order valence-corrected chi connectivity index (χ1v) is 9.85. The lowest BCUT2D eigenvalue weighted by Gasteiger charge is -2.27. The van der Waals surface area contributed by atoms with Crippen molar-refractivity contribution in [3.05, 3.63) is 59.9 Å². The summed E-state index contributed by atoms with van der Waals surface area (Å²) in [7, 11) is -3.60. The molecule has 0 radical (unpaired) electrons. The third-order valence-electron chi connectivity index (χ3n) is 4.30. The predicted octanol–water partition coefficient (Wildman–Crippen LogP) is 1.35. The van der Waals surface area contributed by atoms with Crippen LogP contribution >= 0.6 is 0 Å². The normalized spacial score (nSPS) is 17.2. The average Bonchev–Trinajstić information content (AvgIpc) is 3.22. The monoisotopic (exact) mass is 375 g/mol. The number of ketones is 1. The molecule has 1 atom stereocenters. The fourth-order valence-corrected chi connectivity index (χ4v) is 4.55. The smallest absolute Gasteiger partial charge is 0.240 e. The molecule has 7 nitrogen and oxygen atoms in total. The Hall–Kier alpha value is -2.29. The molecule has 2 heterocycles. The summed E-state index contributed by atoms with van der Waals surface area (Å²) < 4.78 is 32.8. The highest BCUT2D eigenvalue weighted by atomic mass is 32.2. The van der Waals surface area contributed by atoms with Gasteiger partial charge in [0.25, 0.3) is 0 Å². The van der Waals surface area contributed by atoms with Gasteiger partial charge in [-0.05, 0) is 30.7 Å². The summed E-state index contributed by atoms with van der Waals surface area (Å²) in [4.78, 5) is 15.9. The molecule has 0 bridgehead atoms. The molecule has 1 unspecified atom stereocenters. The number of Topliss-reactive ketones (excluding diaryl/α,β-unsaturated/α-hetero) is 1. The number of nitrogens with zero attached hydrogens (tertiary/aromatic N) is 2. The number of ether oxygens (including phenoxy) is 1. The fraction of sp³-hybridized carbons (Fsp3) is 0.333. The van der Waals surface area contributed by atoms with Crippen LogP contribution in [0.5, 0.6) is 0 Å². The molecule has 2 N–H and O–H groups in total. The van der Waals surface area contributed by atoms with Gasteiger partial charge in [-0.3, -0.25) is 14.1 Å². The van der Waals surface area contributed by atoms with Crippen LogP contribution in [0.4, 0.5) is 5.69 Å². The van der Waals surface area contributed by atoms with Gasteiger partial charge in [-0.15, -0.1) is 0 Å². The summed E-state index contributed by atoms with van der Waals surface area (Å²) in [5.41, 5.74) is 6.88. The summed E-state index contributed by atoms with van der Waals surface area (Å²) in [5.74, 6) is -0.209. The highest BCUT2D eigenvalue weighted by Crippen LogP contribution is 2.26. The topological polar surface area (TPSA) is 103 Å². The largest absolute Gasteiger partial charge is 0.380 e. The number of nitrogens with two attached hydrogens (primary N) is 1. The Morgan fingerprint density at radius 1 is 1.23 bits per heavy atom. The number of carbonyl (C=O) groups is 1. The van der Waals surface area contributed by atoms with E-state index in [2.05, 4.69) is 4.98 Å². The number of hydrogen-bond acceptors (Lipinski definition) is 6. The minimum atomic E-state index is -3.60. The maximum Gasteiger partial charge on any atom is 0.240 e. The van der Waals surface area contributed by atoms with E-state index in [1.54, 1.807) is 36.4 Å². The van der Waals surface area contributed by atoms with Crippen molar-refractivity contribution < 1.29 is 17.9 Å². The van der Waals surface area contributed by atoms with Gasteiger partial charge in [-0.2, -0.15) is 0 Å². The number of anilines is 1. The molecule has 0 amide bonds. The summed E-state index contributed by atoms with van der Waals surface area (Å²) in [5, 5.41) is -0.569. The molecule has 0 spiro atoms. The minimum absolute atomic E-state index is 0.0833. The maximum atomic E-state index is 13.1. The number of pyridine rings is 1. The van der Waals surface area contributed by atoms with Crippen molar-refractivity contribution in [2.24, 2.45) is 5.73 Å². The molecule has 1 saturated heterocycles. The van der Waals surface area contributed by atoms with Crippen molar-refractivity contribution in [2.75, 3.05) is 24.1 Å². The summed E-state index contributed by atoms with van der Waals surface area (Å²) in [6.07, 6.45) is 1.90. The SMILES string of the molecule is NCC(=O)c1ccc(CN(c2ccccc2)S(=O)(=O)C2CCOC2)nc1. The molecule has 26 heavy (non-hydrogen) atoms. The van der Waals surface area contributed by atoms with Crippen LogP contribution in [-0.4, -0.2) is 44.2 Å². The number of aromatic nitrogens is 1. The predicted molar refractivity (Wildman–Crippen MR) is 98.4 cm³/mol. The van der Waals surface area contributed by atoms with Crippen LogP contribution in [0.2, 0.25) is 0 Å². The van der Waals surface area contributed by atoms with Gasteiger partial charge in [-0.1, -0.05) is 18.2 Å². The van der Waals surface area contributed by atoms with Gasteiger partial charge in [0.2, 0.25) is 10.0 Å². The third-order valence-corrected chi connectivity index (χ3v) is 6.47. The number of sulfonamides is 1. The highest BCUT2D eigenvalue weighted by Gasteiger charge is 2.35. The molecule has 1 aromatic carbocycles. The lowest BCUT2D eigenvalue weighted by Crippen LogP contribution is -2.39. The number of carbonyl (C=O) groups excluding carboxylic acids is 1. The highest BCUT2D eigenvalue weighted by molar-refractivity contribution is 7.93. The molecule has 0 saturated carbocycles. The van der Waals surface area contributed by atoms with E-state index in [0.717, 1.165) is 0 Å². The van der Waals surface area contributed by atoms with Gasteiger partial charge in [-0.25, -0.2) is 8.42 Å². The van der Waals surface area contributed by atoms with E-state index in [9.17, 15) is 13.2 Å². The van der Waals surface area contributed by atoms with Gasteiger partial charge < -0.3 is 10.5 Å². The van der Waals surface area contributed by atoms with Gasteiger partial charge in [0.15, 0.2) is 5.78 Å². The second-order valence-electron chi connectivity index (χ2n) is 6.04. The number of para-hydroxylation sites is 1. The molecular weight excluding hydrogens is 354 g/mol. The molecule has 1 aliphatic rings. The minimum Gasteiger partial charge on any atom is -0.380 e. The molecule has 3 rings (SSSR count). The Bertz CT molecular complexity index is 848. The van der Waals surface area contributed by atoms with Crippen molar-refractivity contribution in [2.45, 2.75) is 18.2 Å². The van der Waals surface area contributed by atoms with Gasteiger partial charge >= 0.3 is 0 Å². The molecule has 1 aromatic heterocycles. The molecule has 1 aliphatic heterocycles. The van der Waals surface area contributed by atoms with Crippen LogP contribution < -0.4 is 10.0 Å². The molecule has 1 fully saturated rings. The third kappa shape index (κ3) is 3.92. The second kappa shape index (κ2) is 7.94. The van der Waals surface area contributed by atoms with E-state index in [4.69, 9.17) is 10.5 Å². The van der Waals surface area contributed by atoms with Crippen LogP contribution in [-0.2, 0) is 21.3 Å². The Morgan fingerprint density at radius 3 is 2.58 bits per heavy atom. The quantitative estimate of drug-likeness (QED) is 0.733. The maximum absolute atomic E-state index is 13.1. The number of hydrogen-bond donors (Lipinski definition) is 1. The zero-order chi connectivity index (χ0) is 18.6. The van der Waals surface area contributed by atoms with E-state index in [1.807, 2.05) is 6.07 Å². The Labute approximate surface area is 152 Å². The Morgan fingerprint density at radius 2 is 2.00 bits per heavy atom. The summed E-state index contributed by atoms with van der Waals surface area (Å²) >= 11 is 0. The van der Waals surface area contributed by atoms with Crippen LogP contribution in [0.25, 0.3) is 0 Å². The van der Waals surface area contributed by atoms with Crippen LogP contribution in [0.3, 0.4) is 0 Å². The van der Waals surface area contributed by atoms with Crippen molar-refractivity contribution in [3.8, 4) is 0 Å². The first kappa shape index (κ1) is 18.5.